The molecule has 20 heavy (non-hydrogen) atoms. The summed E-state index contributed by atoms with van der Waals surface area (Å²) in [6.07, 6.45) is 1.63. The minimum absolute atomic E-state index is 0.0922. The van der Waals surface area contributed by atoms with Gasteiger partial charge in [0, 0.05) is 36.6 Å². The van der Waals surface area contributed by atoms with Crippen LogP contribution in [0.1, 0.15) is 21.6 Å². The van der Waals surface area contributed by atoms with Gasteiger partial charge in [0.05, 0.1) is 11.8 Å². The fraction of sp³-hybridized carbons (Fsp3) is 0.231. The standard InChI is InChI=1S/C13H14F2N4O/c1-7-8(6-18-19(7)2)5-17-13(20)9-3-10(14)11(15)4-12(9)16/h3-4,6H,5,16H2,1-2H3,(H,17,20). The monoisotopic (exact) mass is 280 g/mol. The number of benzene rings is 1. The Hall–Kier alpha value is -2.44. The molecule has 0 spiro atoms. The minimum atomic E-state index is -1.11. The van der Waals surface area contributed by atoms with Gasteiger partial charge in [-0.05, 0) is 13.0 Å². The summed E-state index contributed by atoms with van der Waals surface area (Å²) < 4.78 is 27.7. The van der Waals surface area contributed by atoms with Crippen LogP contribution in [0.5, 0.6) is 0 Å². The summed E-state index contributed by atoms with van der Waals surface area (Å²) in [4.78, 5) is 11.9. The van der Waals surface area contributed by atoms with Crippen LogP contribution >= 0.6 is 0 Å². The number of anilines is 1. The van der Waals surface area contributed by atoms with Crippen molar-refractivity contribution in [3.63, 3.8) is 0 Å². The van der Waals surface area contributed by atoms with Gasteiger partial charge in [0.1, 0.15) is 0 Å². The molecule has 2 rings (SSSR count). The van der Waals surface area contributed by atoms with Crippen LogP contribution in [0.2, 0.25) is 0 Å². The molecule has 0 aliphatic carbocycles. The summed E-state index contributed by atoms with van der Waals surface area (Å²) >= 11 is 0. The Balaban J connectivity index is 2.13. The summed E-state index contributed by atoms with van der Waals surface area (Å²) in [5.41, 5.74) is 7.05. The van der Waals surface area contributed by atoms with Crippen molar-refractivity contribution >= 4 is 11.6 Å². The number of nitrogens with zero attached hydrogens (tertiary/aromatic N) is 2. The average molecular weight is 280 g/mol. The molecule has 1 aromatic heterocycles. The van der Waals surface area contributed by atoms with E-state index in [1.807, 2.05) is 6.92 Å². The number of aryl methyl sites for hydroxylation is 1. The fourth-order valence-corrected chi connectivity index (χ4v) is 1.75. The van der Waals surface area contributed by atoms with Gasteiger partial charge in [-0.3, -0.25) is 9.48 Å². The normalized spacial score (nSPS) is 10.6. The number of hydrogen-bond donors (Lipinski definition) is 2. The predicted octanol–water partition coefficient (Wildman–Crippen LogP) is 1.52. The molecule has 0 aliphatic rings. The molecule has 0 atom stereocenters. The van der Waals surface area contributed by atoms with Crippen LogP contribution in [0.25, 0.3) is 0 Å². The van der Waals surface area contributed by atoms with E-state index in [1.165, 1.54) is 0 Å². The molecule has 1 heterocycles. The molecule has 0 radical (unpaired) electrons. The topological polar surface area (TPSA) is 72.9 Å². The van der Waals surface area contributed by atoms with Gasteiger partial charge in [-0.1, -0.05) is 0 Å². The first-order valence-electron chi connectivity index (χ1n) is 5.90. The van der Waals surface area contributed by atoms with Gasteiger partial charge in [0.25, 0.3) is 5.91 Å². The van der Waals surface area contributed by atoms with Crippen molar-refractivity contribution in [2.45, 2.75) is 13.5 Å². The molecule has 3 N–H and O–H groups in total. The molecule has 0 unspecified atom stereocenters. The second-order valence-corrected chi connectivity index (χ2v) is 4.42. The Kier molecular flexibility index (Phi) is 3.69. The van der Waals surface area contributed by atoms with E-state index >= 15 is 0 Å². The summed E-state index contributed by atoms with van der Waals surface area (Å²) in [5.74, 6) is -2.76. The molecule has 0 fully saturated rings. The van der Waals surface area contributed by atoms with E-state index in [4.69, 9.17) is 5.73 Å². The number of carbonyl (C=O) groups excluding carboxylic acids is 1. The molecule has 0 saturated carbocycles. The van der Waals surface area contributed by atoms with Gasteiger partial charge in [-0.15, -0.1) is 0 Å². The van der Waals surface area contributed by atoms with Crippen molar-refractivity contribution in [1.29, 1.82) is 0 Å². The zero-order valence-corrected chi connectivity index (χ0v) is 11.1. The zero-order valence-electron chi connectivity index (χ0n) is 11.1. The molecule has 0 saturated heterocycles. The number of halogens is 2. The van der Waals surface area contributed by atoms with Gasteiger partial charge in [0.15, 0.2) is 11.6 Å². The quantitative estimate of drug-likeness (QED) is 0.837. The van der Waals surface area contributed by atoms with Crippen LogP contribution in [0.4, 0.5) is 14.5 Å². The highest BCUT2D eigenvalue weighted by atomic mass is 19.2. The lowest BCUT2D eigenvalue weighted by Crippen LogP contribution is -2.24. The SMILES string of the molecule is Cc1c(CNC(=O)c2cc(F)c(F)cc2N)cnn1C. The summed E-state index contributed by atoms with van der Waals surface area (Å²) in [5, 5.41) is 6.64. The smallest absolute Gasteiger partial charge is 0.253 e. The average Bonchev–Trinajstić information content (AvgIpc) is 2.71. The molecule has 0 bridgehead atoms. The van der Waals surface area contributed by atoms with Crippen LogP contribution in [-0.2, 0) is 13.6 Å². The maximum absolute atomic E-state index is 13.1. The second kappa shape index (κ2) is 5.28. The lowest BCUT2D eigenvalue weighted by Gasteiger charge is -2.08. The number of amides is 1. The Labute approximate surface area is 114 Å². The van der Waals surface area contributed by atoms with Crippen LogP contribution in [0.3, 0.4) is 0 Å². The Morgan fingerprint density at radius 2 is 2.05 bits per heavy atom. The highest BCUT2D eigenvalue weighted by Crippen LogP contribution is 2.17. The van der Waals surface area contributed by atoms with Crippen molar-refractivity contribution in [3.05, 3.63) is 46.8 Å². The first-order chi connectivity index (χ1) is 9.40. The van der Waals surface area contributed by atoms with E-state index < -0.39 is 17.5 Å². The van der Waals surface area contributed by atoms with E-state index in [2.05, 4.69) is 10.4 Å². The van der Waals surface area contributed by atoms with Crippen LogP contribution in [0, 0.1) is 18.6 Å². The van der Waals surface area contributed by atoms with Gasteiger partial charge in [-0.2, -0.15) is 5.10 Å². The van der Waals surface area contributed by atoms with Crippen molar-refractivity contribution < 1.29 is 13.6 Å². The molecule has 5 nitrogen and oxygen atoms in total. The summed E-state index contributed by atoms with van der Waals surface area (Å²) in [7, 11) is 1.79. The van der Waals surface area contributed by atoms with E-state index in [1.54, 1.807) is 17.9 Å². The van der Waals surface area contributed by atoms with Crippen LogP contribution in [-0.4, -0.2) is 15.7 Å². The lowest BCUT2D eigenvalue weighted by atomic mass is 10.1. The molecular weight excluding hydrogens is 266 g/mol. The van der Waals surface area contributed by atoms with E-state index in [0.29, 0.717) is 0 Å². The largest absolute Gasteiger partial charge is 0.398 e. The lowest BCUT2D eigenvalue weighted by molar-refractivity contribution is 0.0951. The molecule has 7 heteroatoms. The molecule has 106 valence electrons. The molecular formula is C13H14F2N4O. The van der Waals surface area contributed by atoms with Crippen molar-refractivity contribution in [2.24, 2.45) is 7.05 Å². The summed E-state index contributed by atoms with van der Waals surface area (Å²) in [6, 6.07) is 1.58. The van der Waals surface area contributed by atoms with Crippen LogP contribution in [0.15, 0.2) is 18.3 Å². The number of nitrogen functional groups attached to an aromatic ring is 1. The Morgan fingerprint density at radius 1 is 1.40 bits per heavy atom. The number of nitrogens with two attached hydrogens (primary N) is 1. The first kappa shape index (κ1) is 14.0. The van der Waals surface area contributed by atoms with Gasteiger partial charge in [-0.25, -0.2) is 8.78 Å². The minimum Gasteiger partial charge on any atom is -0.398 e. The van der Waals surface area contributed by atoms with Crippen LogP contribution < -0.4 is 11.1 Å². The molecule has 1 aromatic carbocycles. The Morgan fingerprint density at radius 3 is 2.65 bits per heavy atom. The zero-order chi connectivity index (χ0) is 14.9. The van der Waals surface area contributed by atoms with Gasteiger partial charge in [0.2, 0.25) is 0 Å². The number of aromatic nitrogens is 2. The fourth-order valence-electron chi connectivity index (χ4n) is 1.75. The summed E-state index contributed by atoms with van der Waals surface area (Å²) in [6.45, 7) is 2.09. The number of rotatable bonds is 3. The van der Waals surface area contributed by atoms with E-state index in [0.717, 1.165) is 23.4 Å². The highest BCUT2D eigenvalue weighted by Gasteiger charge is 2.14. The number of nitrogens with one attached hydrogen (secondary N) is 1. The number of hydrogen-bond acceptors (Lipinski definition) is 3. The van der Waals surface area contributed by atoms with Gasteiger partial charge < -0.3 is 11.1 Å². The number of carbonyl (C=O) groups is 1. The second-order valence-electron chi connectivity index (χ2n) is 4.42. The molecule has 0 aliphatic heterocycles. The van der Waals surface area contributed by atoms with Crippen molar-refractivity contribution in [3.8, 4) is 0 Å². The van der Waals surface area contributed by atoms with E-state index in [-0.39, 0.29) is 17.8 Å². The third-order valence-corrected chi connectivity index (χ3v) is 3.11. The maximum Gasteiger partial charge on any atom is 0.253 e. The van der Waals surface area contributed by atoms with Gasteiger partial charge >= 0.3 is 0 Å². The molecule has 2 aromatic rings. The highest BCUT2D eigenvalue weighted by molar-refractivity contribution is 5.99. The maximum atomic E-state index is 13.1. The first-order valence-corrected chi connectivity index (χ1v) is 5.90. The predicted molar refractivity (Wildman–Crippen MR) is 69.9 cm³/mol. The third kappa shape index (κ3) is 2.61. The van der Waals surface area contributed by atoms with Crippen molar-refractivity contribution in [1.82, 2.24) is 15.1 Å². The third-order valence-electron chi connectivity index (χ3n) is 3.11. The Bertz CT molecular complexity index is 667. The molecule has 1 amide bonds. The van der Waals surface area contributed by atoms with Crippen molar-refractivity contribution in [2.75, 3.05) is 5.73 Å². The van der Waals surface area contributed by atoms with E-state index in [9.17, 15) is 13.6 Å².